The van der Waals surface area contributed by atoms with Crippen molar-refractivity contribution in [1.29, 1.82) is 0 Å². The van der Waals surface area contributed by atoms with Crippen LogP contribution in [-0.4, -0.2) is 24.6 Å². The molecule has 0 atom stereocenters. The quantitative estimate of drug-likeness (QED) is 0.496. The van der Waals surface area contributed by atoms with Crippen molar-refractivity contribution in [1.82, 2.24) is 0 Å². The molecule has 0 saturated carbocycles. The number of nitrogens with zero attached hydrogens (tertiary/aromatic N) is 1. The van der Waals surface area contributed by atoms with Gasteiger partial charge in [-0.25, -0.2) is 4.39 Å². The highest BCUT2D eigenvalue weighted by Gasteiger charge is 2.09. The van der Waals surface area contributed by atoms with Crippen LogP contribution in [0.5, 0.6) is 5.75 Å². The van der Waals surface area contributed by atoms with Gasteiger partial charge in [0.05, 0.1) is 16.4 Å². The zero-order valence-corrected chi connectivity index (χ0v) is 17.3. The molecule has 0 unspecified atom stereocenters. The molecule has 0 fully saturated rings. The van der Waals surface area contributed by atoms with Crippen LogP contribution in [0.3, 0.4) is 0 Å². The molecular formula is C23H19ClFN3O3. The largest absolute Gasteiger partial charge is 0.482 e. The normalized spacial score (nSPS) is 10.7. The van der Waals surface area contributed by atoms with Gasteiger partial charge in [0, 0.05) is 18.8 Å². The van der Waals surface area contributed by atoms with E-state index in [9.17, 15) is 14.0 Å². The van der Waals surface area contributed by atoms with E-state index in [0.717, 1.165) is 5.56 Å². The zero-order chi connectivity index (χ0) is 22.2. The van der Waals surface area contributed by atoms with E-state index in [4.69, 9.17) is 16.3 Å². The molecule has 2 amide bonds. The predicted octanol–water partition coefficient (Wildman–Crippen LogP) is 5.21. The minimum atomic E-state index is -0.526. The van der Waals surface area contributed by atoms with Gasteiger partial charge < -0.3 is 15.4 Å². The molecule has 31 heavy (non-hydrogen) atoms. The molecule has 0 radical (unpaired) electrons. The SMILES string of the molecule is CC(=O)Nc1ccc(N=Cc2ccc(OCC(=O)Nc3ccccc3F)c(Cl)c2)cc1. The summed E-state index contributed by atoms with van der Waals surface area (Å²) >= 11 is 6.23. The minimum absolute atomic E-state index is 0.0823. The van der Waals surface area contributed by atoms with Crippen LogP contribution >= 0.6 is 11.6 Å². The van der Waals surface area contributed by atoms with Crippen molar-refractivity contribution in [2.45, 2.75) is 6.92 Å². The number of aliphatic imine (C=N–C) groups is 1. The third-order valence-corrected chi connectivity index (χ3v) is 4.31. The van der Waals surface area contributed by atoms with Crippen LogP contribution in [0.2, 0.25) is 5.02 Å². The summed E-state index contributed by atoms with van der Waals surface area (Å²) in [5.74, 6) is -0.850. The Balaban J connectivity index is 1.57. The molecule has 3 aromatic rings. The lowest BCUT2D eigenvalue weighted by atomic mass is 10.2. The molecule has 0 aliphatic heterocycles. The first-order valence-electron chi connectivity index (χ1n) is 9.29. The molecule has 0 aliphatic carbocycles. The van der Waals surface area contributed by atoms with Gasteiger partial charge in [0.25, 0.3) is 5.91 Å². The van der Waals surface area contributed by atoms with Crippen molar-refractivity contribution in [3.05, 3.63) is 83.1 Å². The van der Waals surface area contributed by atoms with Crippen molar-refractivity contribution >= 4 is 46.7 Å². The Kier molecular flexibility index (Phi) is 7.35. The highest BCUT2D eigenvalue weighted by molar-refractivity contribution is 6.32. The van der Waals surface area contributed by atoms with Crippen LogP contribution in [0.4, 0.5) is 21.5 Å². The molecule has 0 heterocycles. The molecule has 0 aliphatic rings. The van der Waals surface area contributed by atoms with Crippen LogP contribution in [-0.2, 0) is 9.59 Å². The van der Waals surface area contributed by atoms with Gasteiger partial charge in [-0.05, 0) is 60.2 Å². The average molecular weight is 440 g/mol. The molecule has 0 aromatic heterocycles. The fourth-order valence-corrected chi connectivity index (χ4v) is 2.83. The molecule has 3 rings (SSSR count). The van der Waals surface area contributed by atoms with Gasteiger partial charge >= 0.3 is 0 Å². The number of hydrogen-bond donors (Lipinski definition) is 2. The second-order valence-electron chi connectivity index (χ2n) is 6.49. The molecule has 0 saturated heterocycles. The number of carbonyl (C=O) groups excluding carboxylic acids is 2. The maximum atomic E-state index is 13.6. The van der Waals surface area contributed by atoms with Crippen molar-refractivity contribution in [3.8, 4) is 5.75 Å². The highest BCUT2D eigenvalue weighted by Crippen LogP contribution is 2.25. The molecule has 158 valence electrons. The molecule has 2 N–H and O–H groups in total. The van der Waals surface area contributed by atoms with Crippen LogP contribution in [0, 0.1) is 5.82 Å². The van der Waals surface area contributed by atoms with Gasteiger partial charge in [0.2, 0.25) is 5.91 Å². The number of carbonyl (C=O) groups is 2. The summed E-state index contributed by atoms with van der Waals surface area (Å²) in [6.07, 6.45) is 1.63. The van der Waals surface area contributed by atoms with E-state index in [1.165, 1.54) is 25.1 Å². The summed E-state index contributed by atoms with van der Waals surface area (Å²) in [4.78, 5) is 27.4. The van der Waals surface area contributed by atoms with E-state index >= 15 is 0 Å². The summed E-state index contributed by atoms with van der Waals surface area (Å²) < 4.78 is 19.0. The molecule has 6 nitrogen and oxygen atoms in total. The molecule has 0 spiro atoms. The molecule has 0 bridgehead atoms. The van der Waals surface area contributed by atoms with Gasteiger partial charge in [-0.1, -0.05) is 23.7 Å². The number of halogens is 2. The summed E-state index contributed by atoms with van der Waals surface area (Å²) in [6, 6.07) is 17.9. The molecule has 3 aromatic carbocycles. The van der Waals surface area contributed by atoms with Gasteiger partial charge in [-0.15, -0.1) is 0 Å². The summed E-state index contributed by atoms with van der Waals surface area (Å²) in [5, 5.41) is 5.43. The lowest BCUT2D eigenvalue weighted by Gasteiger charge is -2.09. The Bertz CT molecular complexity index is 1120. The lowest BCUT2D eigenvalue weighted by Crippen LogP contribution is -2.20. The van der Waals surface area contributed by atoms with Crippen molar-refractivity contribution in [3.63, 3.8) is 0 Å². The summed E-state index contributed by atoms with van der Waals surface area (Å²) in [5.41, 5.74) is 2.21. The summed E-state index contributed by atoms with van der Waals surface area (Å²) in [7, 11) is 0. The molecular weight excluding hydrogens is 421 g/mol. The van der Waals surface area contributed by atoms with Gasteiger partial charge in [-0.2, -0.15) is 0 Å². The number of nitrogens with one attached hydrogen (secondary N) is 2. The Morgan fingerprint density at radius 2 is 1.81 bits per heavy atom. The smallest absolute Gasteiger partial charge is 0.262 e. The predicted molar refractivity (Wildman–Crippen MR) is 120 cm³/mol. The van der Waals surface area contributed by atoms with Crippen LogP contribution in [0.15, 0.2) is 71.7 Å². The standard InChI is InChI=1S/C23H19ClFN3O3/c1-15(29)27-18-9-7-17(8-10-18)26-13-16-6-11-22(19(24)12-16)31-14-23(30)28-21-5-3-2-4-20(21)25/h2-13H,14H2,1H3,(H,27,29)(H,28,30). The number of benzene rings is 3. The third-order valence-electron chi connectivity index (χ3n) is 4.01. The Morgan fingerprint density at radius 3 is 2.48 bits per heavy atom. The van der Waals surface area contributed by atoms with E-state index in [-0.39, 0.29) is 18.2 Å². The highest BCUT2D eigenvalue weighted by atomic mass is 35.5. The van der Waals surface area contributed by atoms with Crippen LogP contribution < -0.4 is 15.4 Å². The first-order valence-corrected chi connectivity index (χ1v) is 9.67. The molecule has 8 heteroatoms. The number of ether oxygens (including phenoxy) is 1. The monoisotopic (exact) mass is 439 g/mol. The second kappa shape index (κ2) is 10.4. The van der Waals surface area contributed by atoms with Gasteiger partial charge in [0.15, 0.2) is 6.61 Å². The van der Waals surface area contributed by atoms with Gasteiger partial charge in [-0.3, -0.25) is 14.6 Å². The van der Waals surface area contributed by atoms with Gasteiger partial charge in [0.1, 0.15) is 11.6 Å². The van der Waals surface area contributed by atoms with E-state index in [1.807, 2.05) is 0 Å². The van der Waals surface area contributed by atoms with Crippen molar-refractivity contribution < 1.29 is 18.7 Å². The van der Waals surface area contributed by atoms with E-state index in [2.05, 4.69) is 15.6 Å². The number of hydrogen-bond acceptors (Lipinski definition) is 4. The van der Waals surface area contributed by atoms with Crippen molar-refractivity contribution in [2.75, 3.05) is 17.2 Å². The van der Waals surface area contributed by atoms with Crippen LogP contribution in [0.25, 0.3) is 0 Å². The minimum Gasteiger partial charge on any atom is -0.482 e. The van der Waals surface area contributed by atoms with E-state index in [1.54, 1.807) is 54.7 Å². The first kappa shape index (κ1) is 22.0. The average Bonchev–Trinajstić information content (AvgIpc) is 2.74. The van der Waals surface area contributed by atoms with Crippen molar-refractivity contribution in [2.24, 2.45) is 4.99 Å². The van der Waals surface area contributed by atoms with Crippen LogP contribution in [0.1, 0.15) is 12.5 Å². The maximum absolute atomic E-state index is 13.6. The summed E-state index contributed by atoms with van der Waals surface area (Å²) in [6.45, 7) is 1.13. The number of anilines is 2. The zero-order valence-electron chi connectivity index (χ0n) is 16.6. The first-order chi connectivity index (χ1) is 14.9. The Labute approximate surface area is 183 Å². The second-order valence-corrected chi connectivity index (χ2v) is 6.90. The fourth-order valence-electron chi connectivity index (χ4n) is 2.59. The fraction of sp³-hybridized carbons (Fsp3) is 0.0870. The van der Waals surface area contributed by atoms with E-state index in [0.29, 0.717) is 22.1 Å². The van der Waals surface area contributed by atoms with E-state index < -0.39 is 11.7 Å². The topological polar surface area (TPSA) is 79.8 Å². The number of rotatable bonds is 7. The third kappa shape index (κ3) is 6.65. The number of amides is 2. The Hall–Kier alpha value is -3.71. The lowest BCUT2D eigenvalue weighted by molar-refractivity contribution is -0.118. The Morgan fingerprint density at radius 1 is 1.06 bits per heavy atom. The number of para-hydroxylation sites is 1. The maximum Gasteiger partial charge on any atom is 0.262 e.